The zero-order valence-corrected chi connectivity index (χ0v) is 17.3. The molecule has 0 saturated heterocycles. The minimum absolute atomic E-state index is 0.844. The first-order chi connectivity index (χ1) is 12.8. The van der Waals surface area contributed by atoms with Crippen LogP contribution in [0.4, 0.5) is 0 Å². The molecule has 0 amide bonds. The fourth-order valence-electron chi connectivity index (χ4n) is 2.31. The standard InChI is InChI=1S/C15H18OP2.C7H8O/c1-16-14-9-5-6-10-15(14)18-12-11-17-13-7-3-2-4-8-13;1-8-7-5-3-2-4-6-7/h2-10,17-18H,11-12H2,1H3;2-6H,1H3. The SMILES string of the molecule is COc1ccccc1.COc1ccccc1PCCPc1ccccc1. The highest BCUT2D eigenvalue weighted by atomic mass is 31.1. The number of para-hydroxylation sites is 2. The number of rotatable bonds is 7. The molecule has 0 fully saturated rings. The second kappa shape index (κ2) is 12.5. The van der Waals surface area contributed by atoms with Crippen molar-refractivity contribution in [3.05, 3.63) is 84.9 Å². The van der Waals surface area contributed by atoms with Gasteiger partial charge < -0.3 is 9.47 Å². The molecular weight excluding hydrogens is 358 g/mol. The van der Waals surface area contributed by atoms with Crippen LogP contribution in [0.5, 0.6) is 11.5 Å². The van der Waals surface area contributed by atoms with Gasteiger partial charge in [-0.05, 0) is 35.8 Å². The van der Waals surface area contributed by atoms with Crippen molar-refractivity contribution in [2.75, 3.05) is 26.5 Å². The Hall–Kier alpha value is -1.88. The van der Waals surface area contributed by atoms with E-state index in [0.717, 1.165) is 28.7 Å². The van der Waals surface area contributed by atoms with Gasteiger partial charge in [0.05, 0.1) is 14.2 Å². The summed E-state index contributed by atoms with van der Waals surface area (Å²) in [6, 6.07) is 28.7. The first kappa shape index (κ1) is 20.4. The summed E-state index contributed by atoms with van der Waals surface area (Å²) in [7, 11) is 5.17. The molecule has 0 aliphatic rings. The Morgan fingerprint density at radius 2 is 1.19 bits per heavy atom. The van der Waals surface area contributed by atoms with Crippen LogP contribution < -0.4 is 20.1 Å². The molecule has 0 aliphatic heterocycles. The Kier molecular flexibility index (Phi) is 9.80. The van der Waals surface area contributed by atoms with E-state index in [9.17, 15) is 0 Å². The Balaban J connectivity index is 0.000000254. The monoisotopic (exact) mass is 384 g/mol. The fourth-order valence-corrected chi connectivity index (χ4v) is 4.87. The van der Waals surface area contributed by atoms with Gasteiger partial charge in [-0.25, -0.2) is 0 Å². The molecular formula is C22H26O2P2. The molecule has 2 unspecified atom stereocenters. The molecule has 4 heteroatoms. The Labute approximate surface area is 160 Å². The second-order valence-corrected chi connectivity index (χ2v) is 8.26. The Morgan fingerprint density at radius 1 is 0.615 bits per heavy atom. The second-order valence-electron chi connectivity index (χ2n) is 5.44. The largest absolute Gasteiger partial charge is 0.497 e. The highest BCUT2D eigenvalue weighted by Crippen LogP contribution is 2.21. The molecule has 26 heavy (non-hydrogen) atoms. The van der Waals surface area contributed by atoms with Crippen LogP contribution in [-0.2, 0) is 0 Å². The average Bonchev–Trinajstić information content (AvgIpc) is 2.73. The van der Waals surface area contributed by atoms with Gasteiger partial charge >= 0.3 is 0 Å². The third-order valence-electron chi connectivity index (χ3n) is 3.63. The van der Waals surface area contributed by atoms with Crippen LogP contribution in [0, 0.1) is 0 Å². The predicted molar refractivity (Wildman–Crippen MR) is 118 cm³/mol. The maximum absolute atomic E-state index is 5.37. The van der Waals surface area contributed by atoms with Crippen molar-refractivity contribution in [2.45, 2.75) is 0 Å². The maximum atomic E-state index is 5.37. The van der Waals surface area contributed by atoms with Gasteiger partial charge in [-0.15, -0.1) is 0 Å². The molecule has 0 spiro atoms. The van der Waals surface area contributed by atoms with E-state index in [1.54, 1.807) is 14.2 Å². The molecule has 0 aliphatic carbocycles. The minimum atomic E-state index is 0.844. The van der Waals surface area contributed by atoms with Gasteiger partial charge in [0.2, 0.25) is 0 Å². The lowest BCUT2D eigenvalue weighted by molar-refractivity contribution is 0.415. The summed E-state index contributed by atoms with van der Waals surface area (Å²) in [5, 5.41) is 2.81. The average molecular weight is 384 g/mol. The van der Waals surface area contributed by atoms with Gasteiger partial charge in [0.15, 0.2) is 0 Å². The summed E-state index contributed by atoms with van der Waals surface area (Å²) in [5.74, 6) is 1.94. The van der Waals surface area contributed by atoms with Crippen molar-refractivity contribution in [1.29, 1.82) is 0 Å². The number of benzene rings is 3. The molecule has 0 heterocycles. The molecule has 3 aromatic rings. The van der Waals surface area contributed by atoms with Crippen molar-refractivity contribution >= 4 is 27.8 Å². The first-order valence-electron chi connectivity index (χ1n) is 8.58. The van der Waals surface area contributed by atoms with E-state index in [1.165, 1.54) is 22.9 Å². The number of methoxy groups -OCH3 is 2. The summed E-state index contributed by atoms with van der Waals surface area (Å²) < 4.78 is 10.3. The third kappa shape index (κ3) is 7.56. The predicted octanol–water partition coefficient (Wildman–Crippen LogP) is 4.70. The van der Waals surface area contributed by atoms with E-state index in [2.05, 4.69) is 42.5 Å². The Bertz CT molecular complexity index is 733. The molecule has 0 radical (unpaired) electrons. The zero-order valence-electron chi connectivity index (χ0n) is 15.3. The van der Waals surface area contributed by atoms with Crippen LogP contribution in [0.3, 0.4) is 0 Å². The molecule has 3 aromatic carbocycles. The molecule has 0 saturated carbocycles. The summed E-state index contributed by atoms with van der Waals surface area (Å²) in [4.78, 5) is 0. The van der Waals surface area contributed by atoms with Gasteiger partial charge in [-0.1, -0.05) is 83.9 Å². The van der Waals surface area contributed by atoms with Crippen molar-refractivity contribution in [3.8, 4) is 11.5 Å². The number of hydrogen-bond acceptors (Lipinski definition) is 2. The van der Waals surface area contributed by atoms with E-state index in [4.69, 9.17) is 9.47 Å². The smallest absolute Gasteiger partial charge is 0.126 e. The van der Waals surface area contributed by atoms with Crippen LogP contribution in [-0.4, -0.2) is 26.5 Å². The van der Waals surface area contributed by atoms with Crippen LogP contribution in [0.2, 0.25) is 0 Å². The lowest BCUT2D eigenvalue weighted by Gasteiger charge is -2.08. The van der Waals surface area contributed by atoms with Crippen molar-refractivity contribution in [3.63, 3.8) is 0 Å². The van der Waals surface area contributed by atoms with Gasteiger partial charge in [0, 0.05) is 5.30 Å². The van der Waals surface area contributed by atoms with Crippen LogP contribution in [0.25, 0.3) is 0 Å². The van der Waals surface area contributed by atoms with Crippen molar-refractivity contribution in [1.82, 2.24) is 0 Å². The molecule has 0 bridgehead atoms. The topological polar surface area (TPSA) is 18.5 Å². The van der Waals surface area contributed by atoms with E-state index in [-0.39, 0.29) is 0 Å². The van der Waals surface area contributed by atoms with E-state index in [1.807, 2.05) is 42.5 Å². The fraction of sp³-hybridized carbons (Fsp3) is 0.182. The van der Waals surface area contributed by atoms with Crippen LogP contribution in [0.1, 0.15) is 0 Å². The molecule has 2 nitrogen and oxygen atoms in total. The third-order valence-corrected chi connectivity index (χ3v) is 6.66. The lowest BCUT2D eigenvalue weighted by atomic mass is 10.3. The summed E-state index contributed by atoms with van der Waals surface area (Å²) in [5.41, 5.74) is 0. The normalized spacial score (nSPS) is 10.7. The Morgan fingerprint density at radius 3 is 1.81 bits per heavy atom. The van der Waals surface area contributed by atoms with Crippen LogP contribution in [0.15, 0.2) is 84.9 Å². The molecule has 2 atom stereocenters. The van der Waals surface area contributed by atoms with Gasteiger partial charge in [-0.2, -0.15) is 0 Å². The molecule has 0 aromatic heterocycles. The summed E-state index contributed by atoms with van der Waals surface area (Å²) in [6.45, 7) is 0. The van der Waals surface area contributed by atoms with E-state index in [0.29, 0.717) is 0 Å². The van der Waals surface area contributed by atoms with Gasteiger partial charge in [0.25, 0.3) is 0 Å². The minimum Gasteiger partial charge on any atom is -0.497 e. The van der Waals surface area contributed by atoms with E-state index < -0.39 is 0 Å². The molecule has 0 N–H and O–H groups in total. The van der Waals surface area contributed by atoms with Crippen LogP contribution >= 0.6 is 17.2 Å². The summed E-state index contributed by atoms with van der Waals surface area (Å²) >= 11 is 0. The maximum Gasteiger partial charge on any atom is 0.126 e. The highest BCUT2D eigenvalue weighted by Gasteiger charge is 2.01. The zero-order chi connectivity index (χ0) is 18.5. The summed E-state index contributed by atoms with van der Waals surface area (Å²) in [6.07, 6.45) is 2.51. The van der Waals surface area contributed by atoms with Crippen molar-refractivity contribution < 1.29 is 9.47 Å². The number of hydrogen-bond donors (Lipinski definition) is 0. The lowest BCUT2D eigenvalue weighted by Crippen LogP contribution is -2.02. The first-order valence-corrected chi connectivity index (χ1v) is 11.0. The quantitative estimate of drug-likeness (QED) is 0.434. The van der Waals surface area contributed by atoms with Gasteiger partial charge in [-0.3, -0.25) is 0 Å². The van der Waals surface area contributed by atoms with E-state index >= 15 is 0 Å². The van der Waals surface area contributed by atoms with Gasteiger partial charge in [0.1, 0.15) is 11.5 Å². The molecule has 136 valence electrons. The highest BCUT2D eigenvalue weighted by molar-refractivity contribution is 7.51. The number of ether oxygens (including phenoxy) is 2. The van der Waals surface area contributed by atoms with Crippen molar-refractivity contribution in [2.24, 2.45) is 0 Å². The molecule has 3 rings (SSSR count).